The van der Waals surface area contributed by atoms with Gasteiger partial charge in [-0.2, -0.15) is 10.3 Å². The Morgan fingerprint density at radius 3 is 3.07 bits per heavy atom. The largest absolute Gasteiger partial charge is 0.465 e. The third kappa shape index (κ3) is 4.34. The molecular formula is C20H19N3O5S. The fourth-order valence-electron chi connectivity index (χ4n) is 3.35. The van der Waals surface area contributed by atoms with Crippen molar-refractivity contribution in [1.29, 1.82) is 5.26 Å². The maximum absolute atomic E-state index is 12.2. The van der Waals surface area contributed by atoms with Crippen LogP contribution in [0.1, 0.15) is 34.6 Å². The van der Waals surface area contributed by atoms with Gasteiger partial charge >= 0.3 is 6.09 Å². The van der Waals surface area contributed by atoms with Crippen LogP contribution in [0.25, 0.3) is 6.08 Å². The van der Waals surface area contributed by atoms with Crippen molar-refractivity contribution in [3.05, 3.63) is 46.2 Å². The second kappa shape index (κ2) is 8.51. The Hall–Kier alpha value is -3.09. The minimum Gasteiger partial charge on any atom is -0.465 e. The Balaban J connectivity index is 1.42. The molecule has 0 spiro atoms. The van der Waals surface area contributed by atoms with Gasteiger partial charge in [-0.1, -0.05) is 0 Å². The van der Waals surface area contributed by atoms with Crippen LogP contribution in [0.2, 0.25) is 0 Å². The molecule has 2 amide bonds. The molecule has 1 N–H and O–H groups in total. The van der Waals surface area contributed by atoms with Gasteiger partial charge in [0, 0.05) is 17.4 Å². The number of ether oxygens (including phenoxy) is 1. The Bertz CT molecular complexity index is 967. The Labute approximate surface area is 171 Å². The van der Waals surface area contributed by atoms with E-state index in [4.69, 9.17) is 14.0 Å². The summed E-state index contributed by atoms with van der Waals surface area (Å²) < 4.78 is 10.7. The van der Waals surface area contributed by atoms with E-state index in [1.807, 2.05) is 0 Å². The molecule has 2 aromatic heterocycles. The van der Waals surface area contributed by atoms with Crippen LogP contribution < -0.4 is 5.32 Å². The van der Waals surface area contributed by atoms with E-state index in [9.17, 15) is 14.9 Å². The molecular weight excluding hydrogens is 394 g/mol. The first-order valence-corrected chi connectivity index (χ1v) is 10.1. The summed E-state index contributed by atoms with van der Waals surface area (Å²) in [7, 11) is 0. The number of carbonyl (C=O) groups excluding carboxylic acids is 2. The second-order valence-electron chi connectivity index (χ2n) is 6.70. The van der Waals surface area contributed by atoms with Crippen molar-refractivity contribution in [2.45, 2.75) is 31.8 Å². The van der Waals surface area contributed by atoms with Crippen LogP contribution in [0.5, 0.6) is 0 Å². The lowest BCUT2D eigenvalue weighted by atomic mass is 9.94. The van der Waals surface area contributed by atoms with Gasteiger partial charge in [0.15, 0.2) is 0 Å². The molecule has 1 atom stereocenters. The van der Waals surface area contributed by atoms with Gasteiger partial charge in [0.1, 0.15) is 22.9 Å². The predicted molar refractivity (Wildman–Crippen MR) is 105 cm³/mol. The molecule has 9 heteroatoms. The van der Waals surface area contributed by atoms with Crippen molar-refractivity contribution in [3.8, 4) is 6.07 Å². The van der Waals surface area contributed by atoms with E-state index in [1.165, 1.54) is 28.7 Å². The number of hydroxylamine groups is 2. The first-order valence-electron chi connectivity index (χ1n) is 9.32. The number of nitrogens with one attached hydrogen (secondary N) is 1. The number of nitrogens with zero attached hydrogens (tertiary/aromatic N) is 2. The fourth-order valence-corrected chi connectivity index (χ4v) is 4.62. The number of furan rings is 1. The minimum atomic E-state index is -0.468. The van der Waals surface area contributed by atoms with Gasteiger partial charge in [0.05, 0.1) is 25.0 Å². The van der Waals surface area contributed by atoms with Gasteiger partial charge in [-0.05, 0) is 43.0 Å². The van der Waals surface area contributed by atoms with Crippen LogP contribution in [0.3, 0.4) is 0 Å². The SMILES string of the molecule is N#Cc1c(NC(=O)/C=C/c2ccco2)sc2c1CCC(OC(=O)N1CCCO1)C2. The van der Waals surface area contributed by atoms with Crippen molar-refractivity contribution in [2.24, 2.45) is 0 Å². The number of rotatable bonds is 4. The molecule has 4 rings (SSSR count). The second-order valence-corrected chi connectivity index (χ2v) is 7.80. The highest BCUT2D eigenvalue weighted by Crippen LogP contribution is 2.38. The highest BCUT2D eigenvalue weighted by Gasteiger charge is 2.30. The summed E-state index contributed by atoms with van der Waals surface area (Å²) in [5, 5.41) is 14.1. The maximum atomic E-state index is 12.2. The number of thiophene rings is 1. The third-order valence-electron chi connectivity index (χ3n) is 4.73. The van der Waals surface area contributed by atoms with Crippen LogP contribution in [0.15, 0.2) is 28.9 Å². The summed E-state index contributed by atoms with van der Waals surface area (Å²) in [6, 6.07) is 5.67. The van der Waals surface area contributed by atoms with Gasteiger partial charge in [0.2, 0.25) is 5.91 Å². The van der Waals surface area contributed by atoms with E-state index >= 15 is 0 Å². The lowest BCUT2D eigenvalue weighted by Gasteiger charge is -2.24. The number of hydrogen-bond acceptors (Lipinski definition) is 7. The van der Waals surface area contributed by atoms with E-state index in [0.29, 0.717) is 48.7 Å². The lowest BCUT2D eigenvalue weighted by molar-refractivity contribution is -0.111. The van der Waals surface area contributed by atoms with Gasteiger partial charge < -0.3 is 14.5 Å². The van der Waals surface area contributed by atoms with Crippen LogP contribution in [-0.2, 0) is 27.2 Å². The zero-order valence-corrected chi connectivity index (χ0v) is 16.4. The average Bonchev–Trinajstić information content (AvgIpc) is 3.46. The van der Waals surface area contributed by atoms with Crippen molar-refractivity contribution in [3.63, 3.8) is 0 Å². The molecule has 1 unspecified atom stereocenters. The zero-order chi connectivity index (χ0) is 20.2. The van der Waals surface area contributed by atoms with E-state index in [2.05, 4.69) is 11.4 Å². The van der Waals surface area contributed by atoms with Crippen molar-refractivity contribution in [1.82, 2.24) is 5.06 Å². The molecule has 0 radical (unpaired) electrons. The normalized spacial score (nSPS) is 18.4. The standard InChI is InChI=1S/C20H19N3O5S/c21-12-16-15-6-4-14(28-20(25)23-8-2-10-27-23)11-17(15)29-19(16)22-18(24)7-5-13-3-1-9-26-13/h1,3,5,7,9,14H,2,4,6,8,10-11H2,(H,22,24)/b7-5+. The molecule has 150 valence electrons. The summed E-state index contributed by atoms with van der Waals surface area (Å²) in [5.74, 6) is 0.225. The molecule has 1 saturated heterocycles. The van der Waals surface area contributed by atoms with E-state index in [0.717, 1.165) is 16.9 Å². The van der Waals surface area contributed by atoms with Gasteiger partial charge in [-0.25, -0.2) is 4.79 Å². The van der Waals surface area contributed by atoms with Gasteiger partial charge in [0.25, 0.3) is 0 Å². The smallest absolute Gasteiger partial charge is 0.434 e. The van der Waals surface area contributed by atoms with E-state index in [1.54, 1.807) is 18.2 Å². The molecule has 2 aliphatic rings. The molecule has 8 nitrogen and oxygen atoms in total. The molecule has 3 heterocycles. The van der Waals surface area contributed by atoms with Crippen LogP contribution in [0.4, 0.5) is 9.80 Å². The molecule has 0 aromatic carbocycles. The van der Waals surface area contributed by atoms with Crippen LogP contribution >= 0.6 is 11.3 Å². The topological polar surface area (TPSA) is 105 Å². The predicted octanol–water partition coefficient (Wildman–Crippen LogP) is 3.50. The zero-order valence-electron chi connectivity index (χ0n) is 15.6. The fraction of sp³-hybridized carbons (Fsp3) is 0.350. The summed E-state index contributed by atoms with van der Waals surface area (Å²) in [6.45, 7) is 1.06. The highest BCUT2D eigenvalue weighted by atomic mass is 32.1. The number of hydrogen-bond donors (Lipinski definition) is 1. The Morgan fingerprint density at radius 2 is 2.34 bits per heavy atom. The molecule has 1 aliphatic carbocycles. The monoisotopic (exact) mass is 413 g/mol. The molecule has 1 aliphatic heterocycles. The Morgan fingerprint density at radius 1 is 1.45 bits per heavy atom. The van der Waals surface area contributed by atoms with Crippen molar-refractivity contribution < 1.29 is 23.6 Å². The molecule has 29 heavy (non-hydrogen) atoms. The first kappa shape index (κ1) is 19.2. The summed E-state index contributed by atoms with van der Waals surface area (Å²) >= 11 is 1.35. The summed E-state index contributed by atoms with van der Waals surface area (Å²) in [4.78, 5) is 30.5. The van der Waals surface area contributed by atoms with Gasteiger partial charge in [-0.15, -0.1) is 11.3 Å². The quantitative estimate of drug-likeness (QED) is 0.769. The van der Waals surface area contributed by atoms with E-state index in [-0.39, 0.29) is 12.0 Å². The van der Waals surface area contributed by atoms with Crippen molar-refractivity contribution >= 4 is 34.4 Å². The molecule has 0 bridgehead atoms. The summed E-state index contributed by atoms with van der Waals surface area (Å²) in [6.07, 6.45) is 6.28. The molecule has 1 fully saturated rings. The third-order valence-corrected chi connectivity index (χ3v) is 5.90. The molecule has 0 saturated carbocycles. The van der Waals surface area contributed by atoms with Gasteiger partial charge in [-0.3, -0.25) is 9.63 Å². The van der Waals surface area contributed by atoms with Crippen molar-refractivity contribution in [2.75, 3.05) is 18.5 Å². The number of nitriles is 1. The number of amides is 2. The summed E-state index contributed by atoms with van der Waals surface area (Å²) in [5.41, 5.74) is 1.41. The number of carbonyl (C=O) groups is 2. The molecule has 2 aromatic rings. The lowest BCUT2D eigenvalue weighted by Crippen LogP contribution is -2.33. The number of anilines is 1. The van der Waals surface area contributed by atoms with Crippen LogP contribution in [0, 0.1) is 11.3 Å². The highest BCUT2D eigenvalue weighted by molar-refractivity contribution is 7.16. The van der Waals surface area contributed by atoms with E-state index < -0.39 is 6.09 Å². The Kier molecular flexibility index (Phi) is 5.64. The first-order chi connectivity index (χ1) is 14.1. The average molecular weight is 413 g/mol. The van der Waals surface area contributed by atoms with Crippen LogP contribution in [-0.4, -0.2) is 36.3 Å². The number of fused-ring (bicyclic) bond motifs is 1. The maximum Gasteiger partial charge on any atom is 0.434 e. The minimum absolute atomic E-state index is 0.271.